The van der Waals surface area contributed by atoms with E-state index in [-0.39, 0.29) is 11.5 Å². The van der Waals surface area contributed by atoms with Crippen molar-refractivity contribution in [1.82, 2.24) is 20.5 Å². The maximum atomic E-state index is 11.8. The van der Waals surface area contributed by atoms with E-state index >= 15 is 0 Å². The number of hydrogen-bond donors (Lipinski definition) is 2. The first-order valence-corrected chi connectivity index (χ1v) is 7.84. The van der Waals surface area contributed by atoms with E-state index in [0.717, 1.165) is 25.9 Å². The van der Waals surface area contributed by atoms with Crippen molar-refractivity contribution < 1.29 is 9.53 Å². The Hall–Kier alpha value is -2.12. The first-order chi connectivity index (χ1) is 10.7. The number of hydrogen-bond acceptors (Lipinski definition) is 7. The molecule has 0 bridgehead atoms. The Morgan fingerprint density at radius 1 is 1.43 bits per heavy atom. The molecule has 128 valence electrons. The zero-order valence-corrected chi connectivity index (χ0v) is 14.3. The molecule has 1 aromatic heterocycles. The lowest BCUT2D eigenvalue weighted by atomic mass is 9.80. The number of carbonyl (C=O) groups excluding carboxylic acids is 1. The van der Waals surface area contributed by atoms with Crippen molar-refractivity contribution >= 4 is 17.9 Å². The molecule has 0 spiro atoms. The first-order valence-electron chi connectivity index (χ1n) is 7.84. The van der Waals surface area contributed by atoms with Crippen LogP contribution >= 0.6 is 0 Å². The molecular weight excluding hydrogens is 296 g/mol. The molecule has 2 rings (SSSR count). The van der Waals surface area contributed by atoms with Crippen LogP contribution in [0.4, 0.5) is 16.6 Å². The van der Waals surface area contributed by atoms with Crippen molar-refractivity contribution in [3.05, 3.63) is 6.20 Å². The van der Waals surface area contributed by atoms with Crippen LogP contribution in [0.25, 0.3) is 0 Å². The van der Waals surface area contributed by atoms with Crippen LogP contribution in [0, 0.1) is 5.41 Å². The SMILES string of the molecule is CC1(CNC(=O)OC(C)(C)C)CCN(c2nncc(N)n2)CC1. The number of rotatable bonds is 3. The Morgan fingerprint density at radius 2 is 2.09 bits per heavy atom. The fraction of sp³-hybridized carbons (Fsp3) is 0.733. The Labute approximate surface area is 136 Å². The van der Waals surface area contributed by atoms with Gasteiger partial charge >= 0.3 is 6.09 Å². The van der Waals surface area contributed by atoms with Gasteiger partial charge in [-0.05, 0) is 39.0 Å². The van der Waals surface area contributed by atoms with E-state index < -0.39 is 5.60 Å². The summed E-state index contributed by atoms with van der Waals surface area (Å²) in [7, 11) is 0. The van der Waals surface area contributed by atoms with Crippen LogP contribution in [-0.4, -0.2) is 46.5 Å². The third kappa shape index (κ3) is 5.22. The van der Waals surface area contributed by atoms with E-state index in [1.54, 1.807) is 0 Å². The van der Waals surface area contributed by atoms with Crippen LogP contribution in [0.5, 0.6) is 0 Å². The van der Waals surface area contributed by atoms with Crippen molar-refractivity contribution in [1.29, 1.82) is 0 Å². The van der Waals surface area contributed by atoms with Crippen LogP contribution in [0.15, 0.2) is 6.20 Å². The summed E-state index contributed by atoms with van der Waals surface area (Å²) >= 11 is 0. The quantitative estimate of drug-likeness (QED) is 0.870. The number of carbonyl (C=O) groups is 1. The Kier molecular flexibility index (Phi) is 4.91. The van der Waals surface area contributed by atoms with Crippen molar-refractivity contribution in [2.24, 2.45) is 5.41 Å². The highest BCUT2D eigenvalue weighted by molar-refractivity contribution is 5.67. The zero-order chi connectivity index (χ0) is 17.1. The lowest BCUT2D eigenvalue weighted by Gasteiger charge is -2.39. The zero-order valence-electron chi connectivity index (χ0n) is 14.3. The molecule has 23 heavy (non-hydrogen) atoms. The van der Waals surface area contributed by atoms with Gasteiger partial charge in [-0.1, -0.05) is 6.92 Å². The van der Waals surface area contributed by atoms with Crippen molar-refractivity contribution in [2.75, 3.05) is 30.3 Å². The lowest BCUT2D eigenvalue weighted by Crippen LogP contribution is -2.46. The number of nitrogens with two attached hydrogens (primary N) is 1. The van der Waals surface area contributed by atoms with Gasteiger partial charge in [0.1, 0.15) is 11.4 Å². The van der Waals surface area contributed by atoms with Crippen LogP contribution in [0.2, 0.25) is 0 Å². The predicted molar refractivity (Wildman–Crippen MR) is 88.0 cm³/mol. The third-order valence-electron chi connectivity index (χ3n) is 3.88. The summed E-state index contributed by atoms with van der Waals surface area (Å²) < 4.78 is 5.27. The van der Waals surface area contributed by atoms with Crippen molar-refractivity contribution in [2.45, 2.75) is 46.1 Å². The molecule has 1 aliphatic heterocycles. The Balaban J connectivity index is 1.84. The first kappa shape index (κ1) is 17.2. The van der Waals surface area contributed by atoms with Crippen molar-refractivity contribution in [3.63, 3.8) is 0 Å². The van der Waals surface area contributed by atoms with Gasteiger partial charge in [-0.15, -0.1) is 5.10 Å². The average Bonchev–Trinajstić information content (AvgIpc) is 2.44. The molecule has 3 N–H and O–H groups in total. The molecule has 1 fully saturated rings. The monoisotopic (exact) mass is 322 g/mol. The number of amides is 1. The molecule has 1 amide bonds. The van der Waals surface area contributed by atoms with E-state index in [9.17, 15) is 4.79 Å². The van der Waals surface area contributed by atoms with Gasteiger partial charge in [0, 0.05) is 19.6 Å². The second-order valence-electron chi connectivity index (χ2n) is 7.33. The van der Waals surface area contributed by atoms with Gasteiger partial charge in [0.05, 0.1) is 6.20 Å². The van der Waals surface area contributed by atoms with Gasteiger partial charge in [0.15, 0.2) is 0 Å². The molecule has 0 radical (unpaired) electrons. The molecule has 2 heterocycles. The lowest BCUT2D eigenvalue weighted by molar-refractivity contribution is 0.0495. The van der Waals surface area contributed by atoms with E-state index in [0.29, 0.717) is 18.3 Å². The maximum Gasteiger partial charge on any atom is 0.407 e. The number of ether oxygens (including phenoxy) is 1. The smallest absolute Gasteiger partial charge is 0.407 e. The molecule has 8 nitrogen and oxygen atoms in total. The predicted octanol–water partition coefficient (Wildman–Crippen LogP) is 1.58. The minimum atomic E-state index is -0.480. The molecular formula is C15H26N6O2. The maximum absolute atomic E-state index is 11.8. The molecule has 0 atom stereocenters. The highest BCUT2D eigenvalue weighted by Crippen LogP contribution is 2.31. The van der Waals surface area contributed by atoms with Gasteiger partial charge in [-0.2, -0.15) is 10.1 Å². The third-order valence-corrected chi connectivity index (χ3v) is 3.88. The molecule has 1 saturated heterocycles. The largest absolute Gasteiger partial charge is 0.444 e. The molecule has 8 heteroatoms. The van der Waals surface area contributed by atoms with Crippen molar-refractivity contribution in [3.8, 4) is 0 Å². The molecule has 0 aliphatic carbocycles. The van der Waals surface area contributed by atoms with Crippen LogP contribution in [0.1, 0.15) is 40.5 Å². The number of piperidine rings is 1. The normalized spacial score (nSPS) is 17.7. The number of nitrogens with zero attached hydrogens (tertiary/aromatic N) is 4. The van der Waals surface area contributed by atoms with E-state index in [1.165, 1.54) is 6.20 Å². The standard InChI is InChI=1S/C15H26N6O2/c1-14(2,3)23-13(22)17-10-15(4)5-7-21(8-6-15)12-19-11(16)9-18-20-12/h9H,5-8,10H2,1-4H3,(H,17,22)(H2,16,19,20). The highest BCUT2D eigenvalue weighted by Gasteiger charge is 2.32. The fourth-order valence-corrected chi connectivity index (χ4v) is 2.46. The summed E-state index contributed by atoms with van der Waals surface area (Å²) in [6, 6.07) is 0. The minimum Gasteiger partial charge on any atom is -0.444 e. The number of alkyl carbamates (subject to hydrolysis) is 1. The fourth-order valence-electron chi connectivity index (χ4n) is 2.46. The van der Waals surface area contributed by atoms with Gasteiger partial charge < -0.3 is 20.7 Å². The summed E-state index contributed by atoms with van der Waals surface area (Å²) in [4.78, 5) is 18.0. The van der Waals surface area contributed by atoms with Gasteiger partial charge in [0.2, 0.25) is 5.95 Å². The molecule has 1 aromatic rings. The Morgan fingerprint density at radius 3 is 2.65 bits per heavy atom. The molecule has 0 saturated carbocycles. The van der Waals surface area contributed by atoms with E-state index in [1.807, 2.05) is 20.8 Å². The summed E-state index contributed by atoms with van der Waals surface area (Å²) in [6.07, 6.45) is 2.90. The van der Waals surface area contributed by atoms with Crippen LogP contribution in [-0.2, 0) is 4.74 Å². The number of aromatic nitrogens is 3. The summed E-state index contributed by atoms with van der Waals surface area (Å²) in [5.74, 6) is 0.932. The van der Waals surface area contributed by atoms with E-state index in [2.05, 4.69) is 32.3 Å². The van der Waals surface area contributed by atoms with E-state index in [4.69, 9.17) is 10.5 Å². The number of nitrogens with one attached hydrogen (secondary N) is 1. The second kappa shape index (κ2) is 6.55. The number of anilines is 2. The highest BCUT2D eigenvalue weighted by atomic mass is 16.6. The molecule has 0 aromatic carbocycles. The van der Waals surface area contributed by atoms with Gasteiger partial charge in [0.25, 0.3) is 0 Å². The summed E-state index contributed by atoms with van der Waals surface area (Å²) in [5.41, 5.74) is 5.20. The Bertz CT molecular complexity index is 549. The molecule has 0 unspecified atom stereocenters. The summed E-state index contributed by atoms with van der Waals surface area (Å²) in [6.45, 7) is 9.92. The van der Waals surface area contributed by atoms with Crippen LogP contribution in [0.3, 0.4) is 0 Å². The summed E-state index contributed by atoms with van der Waals surface area (Å²) in [5, 5.41) is 10.7. The van der Waals surface area contributed by atoms with Crippen LogP contribution < -0.4 is 16.0 Å². The topological polar surface area (TPSA) is 106 Å². The molecule has 1 aliphatic rings. The average molecular weight is 322 g/mol. The van der Waals surface area contributed by atoms with Gasteiger partial charge in [-0.3, -0.25) is 0 Å². The second-order valence-corrected chi connectivity index (χ2v) is 7.33. The minimum absolute atomic E-state index is 0.0289. The van der Waals surface area contributed by atoms with Gasteiger partial charge in [-0.25, -0.2) is 4.79 Å². The number of nitrogen functional groups attached to an aromatic ring is 1.